The summed E-state index contributed by atoms with van der Waals surface area (Å²) < 4.78 is 5.81. The van der Waals surface area contributed by atoms with Crippen molar-refractivity contribution in [1.29, 1.82) is 0 Å². The van der Waals surface area contributed by atoms with E-state index in [1.165, 1.54) is 6.08 Å². The Morgan fingerprint density at radius 3 is 2.76 bits per heavy atom. The second kappa shape index (κ2) is 9.27. The number of hydrogen-bond acceptors (Lipinski definition) is 4. The summed E-state index contributed by atoms with van der Waals surface area (Å²) in [6.07, 6.45) is 8.87. The Hall–Kier alpha value is -3.08. The zero-order valence-corrected chi connectivity index (χ0v) is 14.2. The molecule has 0 spiro atoms. The maximum atomic E-state index is 12.1. The number of benzene rings is 1. The number of aliphatic hydroxyl groups excluding tert-OH is 1. The van der Waals surface area contributed by atoms with Gasteiger partial charge in [0, 0.05) is 0 Å². The number of ether oxygens (including phenoxy) is 1. The Labute approximate surface area is 147 Å². The van der Waals surface area contributed by atoms with Crippen LogP contribution in [-0.4, -0.2) is 17.7 Å². The monoisotopic (exact) mass is 338 g/mol. The molecule has 5 heteroatoms. The van der Waals surface area contributed by atoms with Gasteiger partial charge in [-0.2, -0.15) is 0 Å². The number of aliphatic imine (C=N–C) groups is 1. The van der Waals surface area contributed by atoms with E-state index in [0.717, 1.165) is 24.0 Å². The zero-order chi connectivity index (χ0) is 18.1. The van der Waals surface area contributed by atoms with Gasteiger partial charge >= 0.3 is 0 Å². The molecule has 0 heterocycles. The van der Waals surface area contributed by atoms with Crippen molar-refractivity contribution in [1.82, 2.24) is 5.32 Å². The van der Waals surface area contributed by atoms with Gasteiger partial charge in [0.1, 0.15) is 12.3 Å². The molecule has 0 saturated carbocycles. The van der Waals surface area contributed by atoms with Crippen molar-refractivity contribution in [2.75, 3.05) is 0 Å². The number of carbonyl (C=O) groups excluding carboxylic acids is 1. The maximum absolute atomic E-state index is 12.1. The number of allylic oxidation sites excluding steroid dienone is 5. The molecule has 0 atom stereocenters. The molecular formula is C20H22N2O3. The zero-order valence-electron chi connectivity index (χ0n) is 14.2. The molecule has 2 N–H and O–H groups in total. The van der Waals surface area contributed by atoms with Crippen molar-refractivity contribution >= 4 is 12.6 Å². The maximum Gasteiger partial charge on any atom is 0.292 e. The molecule has 1 amide bonds. The topological polar surface area (TPSA) is 70.9 Å². The third kappa shape index (κ3) is 5.21. The number of amides is 1. The summed E-state index contributed by atoms with van der Waals surface area (Å²) in [7, 11) is 0. The summed E-state index contributed by atoms with van der Waals surface area (Å²) in [6, 6.07) is 9.59. The molecule has 2 rings (SSSR count). The van der Waals surface area contributed by atoms with Gasteiger partial charge in [-0.25, -0.2) is 0 Å². The van der Waals surface area contributed by atoms with Crippen LogP contribution < -0.4 is 5.32 Å². The van der Waals surface area contributed by atoms with Crippen LogP contribution in [0.4, 0.5) is 0 Å². The lowest BCUT2D eigenvalue weighted by Gasteiger charge is -2.17. The second-order valence-corrected chi connectivity index (χ2v) is 5.40. The first-order chi connectivity index (χ1) is 12.2. The number of rotatable bonds is 7. The quantitative estimate of drug-likeness (QED) is 0.449. The van der Waals surface area contributed by atoms with Crippen LogP contribution in [0.1, 0.15) is 25.3 Å². The lowest BCUT2D eigenvalue weighted by Crippen LogP contribution is -2.27. The molecule has 25 heavy (non-hydrogen) atoms. The lowest BCUT2D eigenvalue weighted by molar-refractivity contribution is -0.120. The summed E-state index contributed by atoms with van der Waals surface area (Å²) >= 11 is 0. The van der Waals surface area contributed by atoms with Gasteiger partial charge in [-0.05, 0) is 43.7 Å². The standard InChI is InChI=1S/C20H22N2O3/c1-3-17(23)19(24)22-20(25-14-15-10-6-4-7-11-15)18(21-2)16-12-8-5-9-13-16/h3-8,10-12,23H,2,9,13-14H2,1H3,(H,22,24)/b17-3-,20-18-. The number of nitrogens with one attached hydrogen (secondary N) is 1. The summed E-state index contributed by atoms with van der Waals surface area (Å²) in [6.45, 7) is 5.44. The number of hydrogen-bond donors (Lipinski definition) is 2. The van der Waals surface area contributed by atoms with Gasteiger partial charge in [-0.15, -0.1) is 0 Å². The lowest BCUT2D eigenvalue weighted by atomic mass is 10.0. The Bertz CT molecular complexity index is 743. The molecule has 5 nitrogen and oxygen atoms in total. The molecule has 1 aromatic carbocycles. The second-order valence-electron chi connectivity index (χ2n) is 5.40. The van der Waals surface area contributed by atoms with Crippen LogP contribution >= 0.6 is 0 Å². The first-order valence-electron chi connectivity index (χ1n) is 8.06. The van der Waals surface area contributed by atoms with Gasteiger partial charge in [-0.3, -0.25) is 15.1 Å². The minimum atomic E-state index is -0.654. The van der Waals surface area contributed by atoms with Crippen molar-refractivity contribution in [3.05, 3.63) is 83.1 Å². The van der Waals surface area contributed by atoms with Crippen molar-refractivity contribution in [3.63, 3.8) is 0 Å². The molecule has 0 saturated heterocycles. The van der Waals surface area contributed by atoms with Crippen LogP contribution in [0, 0.1) is 0 Å². The highest BCUT2D eigenvalue weighted by atomic mass is 16.5. The molecule has 1 aliphatic carbocycles. The third-order valence-electron chi connectivity index (χ3n) is 3.65. The molecule has 0 unspecified atom stereocenters. The van der Waals surface area contributed by atoms with Gasteiger partial charge in [0.25, 0.3) is 5.91 Å². The Morgan fingerprint density at radius 2 is 2.16 bits per heavy atom. The predicted octanol–water partition coefficient (Wildman–Crippen LogP) is 3.93. The summed E-state index contributed by atoms with van der Waals surface area (Å²) in [5, 5.41) is 12.2. The van der Waals surface area contributed by atoms with E-state index in [0.29, 0.717) is 5.70 Å². The van der Waals surface area contributed by atoms with Gasteiger partial charge in [0.15, 0.2) is 5.76 Å². The fourth-order valence-electron chi connectivity index (χ4n) is 2.31. The van der Waals surface area contributed by atoms with Crippen LogP contribution in [0.3, 0.4) is 0 Å². The minimum Gasteiger partial charge on any atom is -0.503 e. The Morgan fingerprint density at radius 1 is 1.40 bits per heavy atom. The normalized spacial score (nSPS) is 15.1. The third-order valence-corrected chi connectivity index (χ3v) is 3.65. The van der Waals surface area contributed by atoms with E-state index in [4.69, 9.17) is 4.74 Å². The number of aliphatic hydroxyl groups is 1. The summed E-state index contributed by atoms with van der Waals surface area (Å²) in [5.41, 5.74) is 2.34. The average molecular weight is 338 g/mol. The Kier molecular flexibility index (Phi) is 6.77. The smallest absolute Gasteiger partial charge is 0.292 e. The summed E-state index contributed by atoms with van der Waals surface area (Å²) in [4.78, 5) is 16.1. The van der Waals surface area contributed by atoms with Crippen LogP contribution in [-0.2, 0) is 16.1 Å². The molecule has 130 valence electrons. The van der Waals surface area contributed by atoms with Gasteiger partial charge in [-0.1, -0.05) is 48.6 Å². The van der Waals surface area contributed by atoms with Crippen molar-refractivity contribution in [3.8, 4) is 0 Å². The fourth-order valence-corrected chi connectivity index (χ4v) is 2.31. The number of carbonyl (C=O) groups is 1. The van der Waals surface area contributed by atoms with Gasteiger partial charge in [0.2, 0.25) is 5.88 Å². The first kappa shape index (κ1) is 18.3. The van der Waals surface area contributed by atoms with Crippen molar-refractivity contribution < 1.29 is 14.6 Å². The van der Waals surface area contributed by atoms with E-state index in [1.807, 2.05) is 42.5 Å². The van der Waals surface area contributed by atoms with E-state index >= 15 is 0 Å². The van der Waals surface area contributed by atoms with Crippen LogP contribution in [0.25, 0.3) is 0 Å². The van der Waals surface area contributed by atoms with Crippen LogP contribution in [0.5, 0.6) is 0 Å². The van der Waals surface area contributed by atoms with E-state index < -0.39 is 5.91 Å². The van der Waals surface area contributed by atoms with Gasteiger partial charge in [0.05, 0.1) is 0 Å². The average Bonchev–Trinajstić information content (AvgIpc) is 2.67. The van der Waals surface area contributed by atoms with E-state index in [9.17, 15) is 9.90 Å². The fraction of sp³-hybridized carbons (Fsp3) is 0.200. The highest BCUT2D eigenvalue weighted by Crippen LogP contribution is 2.24. The minimum absolute atomic E-state index is 0.179. The van der Waals surface area contributed by atoms with Crippen LogP contribution in [0.2, 0.25) is 0 Å². The highest BCUT2D eigenvalue weighted by molar-refractivity contribution is 5.92. The molecule has 0 aromatic heterocycles. The molecule has 1 aliphatic rings. The van der Waals surface area contributed by atoms with Crippen molar-refractivity contribution in [2.45, 2.75) is 26.4 Å². The van der Waals surface area contributed by atoms with Crippen LogP contribution in [0.15, 0.2) is 82.5 Å². The van der Waals surface area contributed by atoms with E-state index in [-0.39, 0.29) is 18.2 Å². The SMILES string of the molecule is C=N/C(C1=CC=CCC1)=C(/NC(=O)/C(O)=C/C)OCc1ccccc1. The first-order valence-corrected chi connectivity index (χ1v) is 8.06. The summed E-state index contributed by atoms with van der Waals surface area (Å²) in [5.74, 6) is -0.862. The molecule has 0 aliphatic heterocycles. The number of nitrogens with zero attached hydrogens (tertiary/aromatic N) is 1. The largest absolute Gasteiger partial charge is 0.503 e. The Balaban J connectivity index is 2.30. The van der Waals surface area contributed by atoms with E-state index in [1.54, 1.807) is 6.92 Å². The molecular weight excluding hydrogens is 316 g/mol. The molecule has 0 bridgehead atoms. The van der Waals surface area contributed by atoms with Gasteiger partial charge < -0.3 is 9.84 Å². The van der Waals surface area contributed by atoms with E-state index in [2.05, 4.69) is 23.1 Å². The molecule has 0 radical (unpaired) electrons. The predicted molar refractivity (Wildman–Crippen MR) is 98.8 cm³/mol. The molecule has 0 fully saturated rings. The highest BCUT2D eigenvalue weighted by Gasteiger charge is 2.17. The molecule has 1 aromatic rings. The van der Waals surface area contributed by atoms with Crippen molar-refractivity contribution in [2.24, 2.45) is 4.99 Å².